The molecule has 2 aromatic rings. The molecule has 116 valence electrons. The average Bonchev–Trinajstić information content (AvgIpc) is 2.52. The number of piperidine rings is 1. The predicted molar refractivity (Wildman–Crippen MR) is 88.8 cm³/mol. The first-order valence-electron chi connectivity index (χ1n) is 7.58. The molecule has 0 amide bonds. The molecule has 1 aliphatic rings. The molecule has 0 bridgehead atoms. The minimum atomic E-state index is 0.248. The highest BCUT2D eigenvalue weighted by Crippen LogP contribution is 2.27. The number of ether oxygens (including phenoxy) is 1. The maximum atomic E-state index is 6.19. The number of hydrogen-bond donors (Lipinski definition) is 0. The van der Waals surface area contributed by atoms with E-state index in [1.807, 2.05) is 0 Å². The number of hydrogen-bond acceptors (Lipinski definition) is 4. The first kappa shape index (κ1) is 15.1. The van der Waals surface area contributed by atoms with E-state index in [9.17, 15) is 0 Å². The Morgan fingerprint density at radius 1 is 1.23 bits per heavy atom. The number of aryl methyl sites for hydroxylation is 2. The lowest BCUT2D eigenvalue weighted by Crippen LogP contribution is -2.39. The van der Waals surface area contributed by atoms with E-state index in [0.29, 0.717) is 5.02 Å². The Hall–Kier alpha value is -1.81. The van der Waals surface area contributed by atoms with Gasteiger partial charge in [-0.25, -0.2) is 9.97 Å². The summed E-state index contributed by atoms with van der Waals surface area (Å²) in [6.45, 7) is 5.97. The van der Waals surface area contributed by atoms with Gasteiger partial charge in [-0.15, -0.1) is 0 Å². The summed E-state index contributed by atoms with van der Waals surface area (Å²) in [4.78, 5) is 10.4. The third-order valence-corrected chi connectivity index (χ3v) is 4.29. The van der Waals surface area contributed by atoms with Crippen LogP contribution in [0.2, 0.25) is 5.02 Å². The molecule has 5 heteroatoms. The summed E-state index contributed by atoms with van der Waals surface area (Å²) in [5, 5.41) is 0.608. The largest absolute Gasteiger partial charge is 0.490 e. The Morgan fingerprint density at radius 3 is 2.73 bits per heavy atom. The van der Waals surface area contributed by atoms with Gasteiger partial charge in [0, 0.05) is 25.9 Å². The fourth-order valence-electron chi connectivity index (χ4n) is 2.74. The number of halogens is 1. The zero-order valence-electron chi connectivity index (χ0n) is 12.9. The van der Waals surface area contributed by atoms with Gasteiger partial charge in [-0.1, -0.05) is 23.7 Å². The molecule has 2 heterocycles. The van der Waals surface area contributed by atoms with Crippen LogP contribution in [-0.2, 0) is 0 Å². The van der Waals surface area contributed by atoms with Gasteiger partial charge in [0.05, 0.1) is 6.20 Å². The van der Waals surface area contributed by atoms with Crippen molar-refractivity contribution >= 4 is 17.4 Å². The first-order chi connectivity index (χ1) is 10.6. The Bertz CT molecular complexity index is 654. The highest BCUT2D eigenvalue weighted by Gasteiger charge is 2.23. The van der Waals surface area contributed by atoms with Gasteiger partial charge in [-0.05, 0) is 31.0 Å². The SMILES string of the molecule is Cc1ccc(C)c(OC2CCN(c3ncncc3Cl)CC2)c1. The molecule has 1 saturated heterocycles. The van der Waals surface area contributed by atoms with Crippen molar-refractivity contribution in [3.8, 4) is 5.75 Å². The van der Waals surface area contributed by atoms with Gasteiger partial charge in [-0.2, -0.15) is 0 Å². The highest BCUT2D eigenvalue weighted by atomic mass is 35.5. The molecular formula is C17H20ClN3O. The molecule has 0 spiro atoms. The van der Waals surface area contributed by atoms with Gasteiger partial charge in [0.15, 0.2) is 5.82 Å². The molecule has 1 aromatic carbocycles. The summed E-state index contributed by atoms with van der Waals surface area (Å²) in [6, 6.07) is 6.34. The van der Waals surface area contributed by atoms with Crippen LogP contribution < -0.4 is 9.64 Å². The van der Waals surface area contributed by atoms with Gasteiger partial charge in [0.1, 0.15) is 23.2 Å². The lowest BCUT2D eigenvalue weighted by atomic mass is 10.1. The molecule has 1 aliphatic heterocycles. The van der Waals surface area contributed by atoms with Crippen LogP contribution in [0.15, 0.2) is 30.7 Å². The van der Waals surface area contributed by atoms with Gasteiger partial charge in [-0.3, -0.25) is 0 Å². The molecule has 0 N–H and O–H groups in total. The van der Waals surface area contributed by atoms with Crippen molar-refractivity contribution in [2.75, 3.05) is 18.0 Å². The molecule has 0 unspecified atom stereocenters. The maximum Gasteiger partial charge on any atom is 0.150 e. The zero-order valence-corrected chi connectivity index (χ0v) is 13.7. The van der Waals surface area contributed by atoms with Crippen LogP contribution in [0.1, 0.15) is 24.0 Å². The Morgan fingerprint density at radius 2 is 2.00 bits per heavy atom. The minimum absolute atomic E-state index is 0.248. The molecule has 1 fully saturated rings. The van der Waals surface area contributed by atoms with E-state index in [4.69, 9.17) is 16.3 Å². The summed E-state index contributed by atoms with van der Waals surface area (Å²) in [7, 11) is 0. The predicted octanol–water partition coefficient (Wildman–Crippen LogP) is 3.79. The summed E-state index contributed by atoms with van der Waals surface area (Å²) < 4.78 is 6.19. The quantitative estimate of drug-likeness (QED) is 0.863. The van der Waals surface area contributed by atoms with E-state index in [-0.39, 0.29) is 6.10 Å². The first-order valence-corrected chi connectivity index (χ1v) is 7.95. The average molecular weight is 318 g/mol. The van der Waals surface area contributed by atoms with Crippen LogP contribution in [0.3, 0.4) is 0 Å². The molecule has 0 atom stereocenters. The van der Waals surface area contributed by atoms with Crippen LogP contribution in [0.5, 0.6) is 5.75 Å². The van der Waals surface area contributed by atoms with Crippen molar-refractivity contribution in [3.63, 3.8) is 0 Å². The smallest absolute Gasteiger partial charge is 0.150 e. The Kier molecular flexibility index (Phi) is 4.48. The van der Waals surface area contributed by atoms with E-state index in [1.54, 1.807) is 12.5 Å². The standard InChI is InChI=1S/C17H20ClN3O/c1-12-3-4-13(2)16(9-12)22-14-5-7-21(8-6-14)17-15(18)10-19-11-20-17/h3-4,9-11,14H,5-8H2,1-2H3. The fourth-order valence-corrected chi connectivity index (χ4v) is 2.96. The minimum Gasteiger partial charge on any atom is -0.490 e. The van der Waals surface area contributed by atoms with Crippen molar-refractivity contribution in [1.82, 2.24) is 9.97 Å². The highest BCUT2D eigenvalue weighted by molar-refractivity contribution is 6.32. The van der Waals surface area contributed by atoms with Gasteiger partial charge >= 0.3 is 0 Å². The second kappa shape index (κ2) is 6.53. The number of nitrogens with zero attached hydrogens (tertiary/aromatic N) is 3. The third kappa shape index (κ3) is 3.33. The van der Waals surface area contributed by atoms with E-state index in [2.05, 4.69) is 46.9 Å². The second-order valence-electron chi connectivity index (χ2n) is 5.77. The second-order valence-corrected chi connectivity index (χ2v) is 6.17. The lowest BCUT2D eigenvalue weighted by Gasteiger charge is -2.33. The number of anilines is 1. The topological polar surface area (TPSA) is 38.2 Å². The van der Waals surface area contributed by atoms with Crippen molar-refractivity contribution in [1.29, 1.82) is 0 Å². The van der Waals surface area contributed by atoms with E-state index in [0.717, 1.165) is 37.5 Å². The fraction of sp³-hybridized carbons (Fsp3) is 0.412. The molecule has 22 heavy (non-hydrogen) atoms. The maximum absolute atomic E-state index is 6.19. The number of rotatable bonds is 3. The Labute approximate surface area is 136 Å². The van der Waals surface area contributed by atoms with Crippen LogP contribution in [0.4, 0.5) is 5.82 Å². The van der Waals surface area contributed by atoms with Gasteiger partial charge in [0.25, 0.3) is 0 Å². The Balaban J connectivity index is 1.62. The molecule has 3 rings (SSSR count). The molecular weight excluding hydrogens is 298 g/mol. The summed E-state index contributed by atoms with van der Waals surface area (Å²) in [6.07, 6.45) is 5.36. The van der Waals surface area contributed by atoms with Crippen molar-refractivity contribution in [2.24, 2.45) is 0 Å². The van der Waals surface area contributed by atoms with Crippen molar-refractivity contribution in [2.45, 2.75) is 32.8 Å². The van der Waals surface area contributed by atoms with Crippen molar-refractivity contribution in [3.05, 3.63) is 46.9 Å². The molecule has 4 nitrogen and oxygen atoms in total. The third-order valence-electron chi connectivity index (χ3n) is 4.03. The van der Waals surface area contributed by atoms with Crippen LogP contribution in [0, 0.1) is 13.8 Å². The zero-order chi connectivity index (χ0) is 15.5. The molecule has 0 aliphatic carbocycles. The summed E-state index contributed by atoms with van der Waals surface area (Å²) in [5.41, 5.74) is 2.41. The molecule has 1 aromatic heterocycles. The molecule has 0 radical (unpaired) electrons. The van der Waals surface area contributed by atoms with E-state index < -0.39 is 0 Å². The van der Waals surface area contributed by atoms with E-state index in [1.165, 1.54) is 11.1 Å². The number of aromatic nitrogens is 2. The van der Waals surface area contributed by atoms with Crippen LogP contribution in [0.25, 0.3) is 0 Å². The van der Waals surface area contributed by atoms with Crippen molar-refractivity contribution < 1.29 is 4.74 Å². The summed E-state index contributed by atoms with van der Waals surface area (Å²) >= 11 is 6.16. The van der Waals surface area contributed by atoms with Crippen LogP contribution in [-0.4, -0.2) is 29.2 Å². The van der Waals surface area contributed by atoms with Gasteiger partial charge in [0.2, 0.25) is 0 Å². The normalized spacial score (nSPS) is 15.9. The monoisotopic (exact) mass is 317 g/mol. The van der Waals surface area contributed by atoms with Crippen LogP contribution >= 0.6 is 11.6 Å². The summed E-state index contributed by atoms with van der Waals surface area (Å²) in [5.74, 6) is 1.82. The van der Waals surface area contributed by atoms with E-state index >= 15 is 0 Å². The number of benzene rings is 1. The molecule has 0 saturated carbocycles. The lowest BCUT2D eigenvalue weighted by molar-refractivity contribution is 0.169. The van der Waals surface area contributed by atoms with Gasteiger partial charge < -0.3 is 9.64 Å².